The Morgan fingerprint density at radius 1 is 1.44 bits per heavy atom. The summed E-state index contributed by atoms with van der Waals surface area (Å²) < 4.78 is 0. The summed E-state index contributed by atoms with van der Waals surface area (Å²) in [5.41, 5.74) is 5.74. The maximum absolute atomic E-state index is 12.7. The number of thiophene rings is 1. The molecular formula is C14H20N2OS. The number of hydrogen-bond donors (Lipinski definition) is 1. The third-order valence-electron chi connectivity index (χ3n) is 4.08. The van der Waals surface area contributed by atoms with Crippen molar-refractivity contribution in [3.8, 4) is 0 Å². The van der Waals surface area contributed by atoms with Crippen LogP contribution in [0.4, 0.5) is 0 Å². The van der Waals surface area contributed by atoms with Gasteiger partial charge in [0.25, 0.3) is 0 Å². The zero-order valence-electron chi connectivity index (χ0n) is 10.6. The second-order valence-electron chi connectivity index (χ2n) is 5.61. The van der Waals surface area contributed by atoms with Gasteiger partial charge in [-0.15, -0.1) is 11.3 Å². The van der Waals surface area contributed by atoms with Gasteiger partial charge >= 0.3 is 0 Å². The van der Waals surface area contributed by atoms with Crippen LogP contribution in [0.3, 0.4) is 0 Å². The van der Waals surface area contributed by atoms with Gasteiger partial charge in [0, 0.05) is 10.9 Å². The molecule has 2 aliphatic carbocycles. The minimum atomic E-state index is -0.570. The number of amides is 1. The lowest BCUT2D eigenvalue weighted by Gasteiger charge is -2.31. The van der Waals surface area contributed by atoms with Crippen molar-refractivity contribution in [1.82, 2.24) is 4.90 Å². The average molecular weight is 264 g/mol. The van der Waals surface area contributed by atoms with Gasteiger partial charge in [-0.1, -0.05) is 18.9 Å². The van der Waals surface area contributed by atoms with E-state index in [0.717, 1.165) is 45.1 Å². The van der Waals surface area contributed by atoms with Gasteiger partial charge in [0.15, 0.2) is 0 Å². The number of nitrogens with zero attached hydrogens (tertiary/aromatic N) is 1. The Bertz CT molecular complexity index is 419. The van der Waals surface area contributed by atoms with Crippen LogP contribution in [-0.4, -0.2) is 22.4 Å². The summed E-state index contributed by atoms with van der Waals surface area (Å²) >= 11 is 1.72. The predicted molar refractivity (Wildman–Crippen MR) is 73.3 cm³/mol. The summed E-state index contributed by atoms with van der Waals surface area (Å²) in [6.45, 7) is 0.750. The molecule has 0 unspecified atom stereocenters. The lowest BCUT2D eigenvalue weighted by atomic mass is 9.97. The van der Waals surface area contributed by atoms with E-state index in [4.69, 9.17) is 5.73 Å². The molecule has 2 fully saturated rings. The first-order valence-electron chi connectivity index (χ1n) is 6.81. The second-order valence-corrected chi connectivity index (χ2v) is 6.64. The maximum atomic E-state index is 12.7. The van der Waals surface area contributed by atoms with Crippen LogP contribution in [0.2, 0.25) is 0 Å². The van der Waals surface area contributed by atoms with E-state index in [9.17, 15) is 4.79 Å². The third-order valence-corrected chi connectivity index (χ3v) is 4.94. The zero-order valence-corrected chi connectivity index (χ0v) is 11.4. The van der Waals surface area contributed by atoms with E-state index in [1.165, 1.54) is 4.88 Å². The van der Waals surface area contributed by atoms with Crippen LogP contribution in [0.25, 0.3) is 0 Å². The molecule has 0 bridgehead atoms. The Hall–Kier alpha value is -0.870. The summed E-state index contributed by atoms with van der Waals surface area (Å²) in [4.78, 5) is 16.0. The highest BCUT2D eigenvalue weighted by atomic mass is 32.1. The Morgan fingerprint density at radius 3 is 2.72 bits per heavy atom. The topological polar surface area (TPSA) is 46.3 Å². The summed E-state index contributed by atoms with van der Waals surface area (Å²) in [5, 5.41) is 2.07. The van der Waals surface area contributed by atoms with E-state index in [1.807, 2.05) is 11.0 Å². The lowest BCUT2D eigenvalue weighted by Crippen LogP contribution is -2.53. The molecule has 1 aromatic heterocycles. The van der Waals surface area contributed by atoms with Gasteiger partial charge in [-0.2, -0.15) is 0 Å². The molecule has 0 saturated heterocycles. The highest BCUT2D eigenvalue weighted by molar-refractivity contribution is 7.09. The first kappa shape index (κ1) is 12.2. The largest absolute Gasteiger partial charge is 0.333 e. The van der Waals surface area contributed by atoms with Crippen LogP contribution >= 0.6 is 11.3 Å². The Kier molecular flexibility index (Phi) is 3.16. The van der Waals surface area contributed by atoms with E-state index in [0.29, 0.717) is 6.04 Å². The van der Waals surface area contributed by atoms with Crippen molar-refractivity contribution >= 4 is 17.2 Å². The van der Waals surface area contributed by atoms with Crippen molar-refractivity contribution in [3.05, 3.63) is 22.4 Å². The van der Waals surface area contributed by atoms with Crippen molar-refractivity contribution in [3.63, 3.8) is 0 Å². The van der Waals surface area contributed by atoms with E-state index in [2.05, 4.69) is 11.4 Å². The van der Waals surface area contributed by atoms with Crippen molar-refractivity contribution in [2.45, 2.75) is 56.7 Å². The molecule has 2 aliphatic rings. The molecule has 0 aromatic carbocycles. The van der Waals surface area contributed by atoms with E-state index < -0.39 is 5.54 Å². The van der Waals surface area contributed by atoms with E-state index >= 15 is 0 Å². The van der Waals surface area contributed by atoms with Gasteiger partial charge in [-0.05, 0) is 37.1 Å². The molecule has 98 valence electrons. The van der Waals surface area contributed by atoms with Gasteiger partial charge < -0.3 is 10.6 Å². The molecule has 1 amide bonds. The van der Waals surface area contributed by atoms with Gasteiger partial charge in [-0.3, -0.25) is 4.79 Å². The molecule has 1 heterocycles. The number of hydrogen-bond acceptors (Lipinski definition) is 3. The molecule has 3 rings (SSSR count). The Morgan fingerprint density at radius 2 is 2.17 bits per heavy atom. The molecule has 2 N–H and O–H groups in total. The van der Waals surface area contributed by atoms with Crippen LogP contribution < -0.4 is 5.73 Å². The number of nitrogens with two attached hydrogens (primary N) is 1. The summed E-state index contributed by atoms with van der Waals surface area (Å²) in [6, 6.07) is 4.59. The van der Waals surface area contributed by atoms with Crippen LogP contribution in [0.1, 0.15) is 43.4 Å². The molecule has 0 radical (unpaired) electrons. The lowest BCUT2D eigenvalue weighted by molar-refractivity contribution is -0.138. The Balaban J connectivity index is 1.75. The van der Waals surface area contributed by atoms with E-state index in [1.54, 1.807) is 11.3 Å². The first-order valence-corrected chi connectivity index (χ1v) is 7.69. The summed E-state index contributed by atoms with van der Waals surface area (Å²) in [6.07, 6.45) is 6.21. The second kappa shape index (κ2) is 4.67. The minimum Gasteiger partial charge on any atom is -0.333 e. The fourth-order valence-electron chi connectivity index (χ4n) is 2.83. The van der Waals surface area contributed by atoms with Crippen molar-refractivity contribution in [2.24, 2.45) is 5.73 Å². The number of rotatable bonds is 4. The smallest absolute Gasteiger partial charge is 0.243 e. The standard InChI is InChI=1S/C14H20N2OS/c15-14(7-1-2-8-14)13(17)16(11-5-6-11)10-12-4-3-9-18-12/h3-4,9,11H,1-2,5-8,10,15H2. The Labute approximate surface area is 112 Å². The fraction of sp³-hybridized carbons (Fsp3) is 0.643. The normalized spacial score (nSPS) is 22.1. The first-order chi connectivity index (χ1) is 8.69. The fourth-order valence-corrected chi connectivity index (χ4v) is 3.53. The molecule has 0 aliphatic heterocycles. The number of carbonyl (C=O) groups is 1. The average Bonchev–Trinajstić information content (AvgIpc) is 2.89. The van der Waals surface area contributed by atoms with Crippen LogP contribution in [-0.2, 0) is 11.3 Å². The molecule has 1 aromatic rings. The molecular weight excluding hydrogens is 244 g/mol. The van der Waals surface area contributed by atoms with Gasteiger partial charge in [0.2, 0.25) is 5.91 Å². The molecule has 18 heavy (non-hydrogen) atoms. The third kappa shape index (κ3) is 2.31. The van der Waals surface area contributed by atoms with Crippen molar-refractivity contribution < 1.29 is 4.79 Å². The summed E-state index contributed by atoms with van der Waals surface area (Å²) in [7, 11) is 0. The van der Waals surface area contributed by atoms with E-state index in [-0.39, 0.29) is 5.91 Å². The van der Waals surface area contributed by atoms with Crippen LogP contribution in [0.15, 0.2) is 17.5 Å². The molecule has 2 saturated carbocycles. The molecule has 3 nitrogen and oxygen atoms in total. The summed E-state index contributed by atoms with van der Waals surface area (Å²) in [5.74, 6) is 0.191. The number of carbonyl (C=O) groups excluding carboxylic acids is 1. The molecule has 0 spiro atoms. The predicted octanol–water partition coefficient (Wildman–Crippen LogP) is 2.51. The van der Waals surface area contributed by atoms with Crippen LogP contribution in [0.5, 0.6) is 0 Å². The molecule has 0 atom stereocenters. The maximum Gasteiger partial charge on any atom is 0.243 e. The molecule has 4 heteroatoms. The van der Waals surface area contributed by atoms with Crippen LogP contribution in [0, 0.1) is 0 Å². The van der Waals surface area contributed by atoms with Crippen molar-refractivity contribution in [1.29, 1.82) is 0 Å². The minimum absolute atomic E-state index is 0.191. The zero-order chi connectivity index (χ0) is 12.6. The highest BCUT2D eigenvalue weighted by Crippen LogP contribution is 2.35. The van der Waals surface area contributed by atoms with Gasteiger partial charge in [0.1, 0.15) is 0 Å². The monoisotopic (exact) mass is 264 g/mol. The SMILES string of the molecule is NC1(C(=O)N(Cc2cccs2)C2CC2)CCCC1. The quantitative estimate of drug-likeness (QED) is 0.908. The highest BCUT2D eigenvalue weighted by Gasteiger charge is 2.44. The van der Waals surface area contributed by atoms with Gasteiger partial charge in [-0.25, -0.2) is 0 Å². The van der Waals surface area contributed by atoms with Crippen molar-refractivity contribution in [2.75, 3.05) is 0 Å². The van der Waals surface area contributed by atoms with Gasteiger partial charge in [0.05, 0.1) is 12.1 Å².